The highest BCUT2D eigenvalue weighted by molar-refractivity contribution is 5.72. The molecule has 1 heterocycles. The third kappa shape index (κ3) is 2.05. The van der Waals surface area contributed by atoms with Crippen LogP contribution in [0.5, 0.6) is 5.75 Å². The van der Waals surface area contributed by atoms with Gasteiger partial charge in [-0.15, -0.1) is 0 Å². The SMILES string of the molecule is CCC1Oc2c(F)cc(N)cc2CC1C(=O)O. The molecule has 92 valence electrons. The summed E-state index contributed by atoms with van der Waals surface area (Å²) in [6.07, 6.45) is 0.295. The molecule has 1 aromatic rings. The first-order chi connectivity index (χ1) is 8.02. The van der Waals surface area contributed by atoms with Crippen molar-refractivity contribution < 1.29 is 19.0 Å². The number of carboxylic acid groups (broad SMARTS) is 1. The molecule has 0 radical (unpaired) electrons. The highest BCUT2D eigenvalue weighted by Gasteiger charge is 2.35. The number of nitrogens with two attached hydrogens (primary N) is 1. The van der Waals surface area contributed by atoms with Crippen molar-refractivity contribution >= 4 is 11.7 Å². The Morgan fingerprint density at radius 3 is 2.94 bits per heavy atom. The minimum atomic E-state index is -0.926. The second kappa shape index (κ2) is 4.24. The number of carboxylic acids is 1. The van der Waals surface area contributed by atoms with Crippen LogP contribution in [0, 0.1) is 11.7 Å². The van der Waals surface area contributed by atoms with Crippen LogP contribution in [0.3, 0.4) is 0 Å². The number of aliphatic carboxylic acids is 1. The van der Waals surface area contributed by atoms with Gasteiger partial charge in [-0.25, -0.2) is 4.39 Å². The Morgan fingerprint density at radius 2 is 2.35 bits per heavy atom. The van der Waals surface area contributed by atoms with Crippen LogP contribution in [0.4, 0.5) is 10.1 Å². The fourth-order valence-corrected chi connectivity index (χ4v) is 2.17. The maximum Gasteiger partial charge on any atom is 0.310 e. The van der Waals surface area contributed by atoms with Crippen LogP contribution in [0.2, 0.25) is 0 Å². The maximum absolute atomic E-state index is 13.6. The van der Waals surface area contributed by atoms with Crippen molar-refractivity contribution in [2.45, 2.75) is 25.9 Å². The Morgan fingerprint density at radius 1 is 1.65 bits per heavy atom. The standard InChI is InChI=1S/C12H14FNO3/c1-2-10-8(12(15)16)4-6-3-7(14)5-9(13)11(6)17-10/h3,5,8,10H,2,4,14H2,1H3,(H,15,16). The Hall–Kier alpha value is -1.78. The van der Waals surface area contributed by atoms with Gasteiger partial charge in [0.25, 0.3) is 0 Å². The van der Waals surface area contributed by atoms with Gasteiger partial charge in [0.05, 0.1) is 5.92 Å². The predicted molar refractivity (Wildman–Crippen MR) is 60.3 cm³/mol. The normalized spacial score (nSPS) is 22.7. The second-order valence-electron chi connectivity index (χ2n) is 4.20. The van der Waals surface area contributed by atoms with Crippen molar-refractivity contribution in [3.63, 3.8) is 0 Å². The maximum atomic E-state index is 13.6. The van der Waals surface area contributed by atoms with Crippen molar-refractivity contribution in [1.29, 1.82) is 0 Å². The van der Waals surface area contributed by atoms with Crippen LogP contribution >= 0.6 is 0 Å². The lowest BCUT2D eigenvalue weighted by atomic mass is 9.89. The molecule has 3 N–H and O–H groups in total. The average molecular weight is 239 g/mol. The Labute approximate surface area is 98.2 Å². The van der Waals surface area contributed by atoms with Gasteiger partial charge in [0.15, 0.2) is 11.6 Å². The summed E-state index contributed by atoms with van der Waals surface area (Å²) in [5.41, 5.74) is 6.34. The topological polar surface area (TPSA) is 72.5 Å². The lowest BCUT2D eigenvalue weighted by molar-refractivity contribution is -0.145. The fraction of sp³-hybridized carbons (Fsp3) is 0.417. The molecule has 0 amide bonds. The molecule has 2 unspecified atom stereocenters. The predicted octanol–water partition coefficient (Wildman–Crippen LogP) is 1.82. The average Bonchev–Trinajstić information content (AvgIpc) is 2.27. The van der Waals surface area contributed by atoms with Crippen LogP contribution in [0.1, 0.15) is 18.9 Å². The molecule has 4 nitrogen and oxygen atoms in total. The van der Waals surface area contributed by atoms with E-state index >= 15 is 0 Å². The number of fused-ring (bicyclic) bond motifs is 1. The molecule has 0 spiro atoms. The van der Waals surface area contributed by atoms with Crippen molar-refractivity contribution in [2.24, 2.45) is 5.92 Å². The van der Waals surface area contributed by atoms with Gasteiger partial charge in [0.2, 0.25) is 0 Å². The molecule has 0 aliphatic carbocycles. The summed E-state index contributed by atoms with van der Waals surface area (Å²) in [6.45, 7) is 1.82. The van der Waals surface area contributed by atoms with E-state index < -0.39 is 23.8 Å². The zero-order valence-corrected chi connectivity index (χ0v) is 9.44. The number of hydrogen-bond acceptors (Lipinski definition) is 3. The Kier molecular flexibility index (Phi) is 2.92. The molecule has 0 saturated carbocycles. The summed E-state index contributed by atoms with van der Waals surface area (Å²) in [4.78, 5) is 11.1. The van der Waals surface area contributed by atoms with Crippen LogP contribution in [0.25, 0.3) is 0 Å². The minimum absolute atomic E-state index is 0.142. The van der Waals surface area contributed by atoms with E-state index in [4.69, 9.17) is 15.6 Å². The van der Waals surface area contributed by atoms with Crippen LogP contribution in [0.15, 0.2) is 12.1 Å². The number of rotatable bonds is 2. The highest BCUT2D eigenvalue weighted by atomic mass is 19.1. The number of ether oxygens (including phenoxy) is 1. The molecule has 2 rings (SSSR count). The minimum Gasteiger partial charge on any atom is -0.486 e. The number of halogens is 1. The molecule has 1 aliphatic rings. The van der Waals surface area contributed by atoms with E-state index in [0.717, 1.165) is 0 Å². The molecular weight excluding hydrogens is 225 g/mol. The zero-order chi connectivity index (χ0) is 12.6. The lowest BCUT2D eigenvalue weighted by Gasteiger charge is -2.31. The summed E-state index contributed by atoms with van der Waals surface area (Å²) in [6, 6.07) is 2.76. The number of nitrogen functional groups attached to an aromatic ring is 1. The van der Waals surface area contributed by atoms with Crippen LogP contribution < -0.4 is 10.5 Å². The lowest BCUT2D eigenvalue weighted by Crippen LogP contribution is -2.38. The molecule has 5 heteroatoms. The van der Waals surface area contributed by atoms with Crippen LogP contribution in [-0.2, 0) is 11.2 Å². The summed E-state index contributed by atoms with van der Waals surface area (Å²) in [5, 5.41) is 9.10. The van der Waals surface area contributed by atoms with Gasteiger partial charge in [0.1, 0.15) is 6.10 Å². The van der Waals surface area contributed by atoms with E-state index in [1.165, 1.54) is 6.07 Å². The summed E-state index contributed by atoms with van der Waals surface area (Å²) < 4.78 is 19.0. The van der Waals surface area contributed by atoms with Gasteiger partial charge < -0.3 is 15.6 Å². The van der Waals surface area contributed by atoms with Crippen LogP contribution in [-0.4, -0.2) is 17.2 Å². The molecule has 0 fully saturated rings. The Balaban J connectivity index is 2.42. The molecular formula is C12H14FNO3. The summed E-state index contributed by atoms with van der Waals surface area (Å²) >= 11 is 0. The fourth-order valence-electron chi connectivity index (χ4n) is 2.17. The van der Waals surface area contributed by atoms with Crippen molar-refractivity contribution in [3.8, 4) is 5.75 Å². The number of hydrogen-bond donors (Lipinski definition) is 2. The third-order valence-corrected chi connectivity index (χ3v) is 3.02. The van der Waals surface area contributed by atoms with Crippen molar-refractivity contribution in [3.05, 3.63) is 23.5 Å². The Bertz CT molecular complexity index is 461. The first kappa shape index (κ1) is 11.7. The van der Waals surface area contributed by atoms with Gasteiger partial charge >= 0.3 is 5.97 Å². The highest BCUT2D eigenvalue weighted by Crippen LogP contribution is 2.35. The van der Waals surface area contributed by atoms with E-state index in [0.29, 0.717) is 12.0 Å². The van der Waals surface area contributed by atoms with E-state index in [9.17, 15) is 9.18 Å². The first-order valence-electron chi connectivity index (χ1n) is 5.50. The first-order valence-corrected chi connectivity index (χ1v) is 5.50. The zero-order valence-electron chi connectivity index (χ0n) is 9.44. The van der Waals surface area contributed by atoms with E-state index in [1.54, 1.807) is 6.07 Å². The monoisotopic (exact) mass is 239 g/mol. The van der Waals surface area contributed by atoms with E-state index in [-0.39, 0.29) is 17.9 Å². The number of carbonyl (C=O) groups is 1. The van der Waals surface area contributed by atoms with E-state index in [2.05, 4.69) is 0 Å². The molecule has 0 saturated heterocycles. The van der Waals surface area contributed by atoms with E-state index in [1.807, 2.05) is 6.92 Å². The smallest absolute Gasteiger partial charge is 0.310 e. The van der Waals surface area contributed by atoms with Gasteiger partial charge in [0, 0.05) is 17.3 Å². The second-order valence-corrected chi connectivity index (χ2v) is 4.20. The van der Waals surface area contributed by atoms with Crippen molar-refractivity contribution in [2.75, 3.05) is 5.73 Å². The summed E-state index contributed by atoms with van der Waals surface area (Å²) in [5.74, 6) is -1.95. The molecule has 0 aromatic heterocycles. The van der Waals surface area contributed by atoms with Crippen molar-refractivity contribution in [1.82, 2.24) is 0 Å². The van der Waals surface area contributed by atoms with Gasteiger partial charge in [-0.3, -0.25) is 4.79 Å². The number of benzene rings is 1. The number of anilines is 1. The van der Waals surface area contributed by atoms with Gasteiger partial charge in [-0.2, -0.15) is 0 Å². The van der Waals surface area contributed by atoms with Gasteiger partial charge in [-0.05, 0) is 18.9 Å². The molecule has 1 aromatic carbocycles. The molecule has 17 heavy (non-hydrogen) atoms. The molecule has 0 bridgehead atoms. The molecule has 2 atom stereocenters. The largest absolute Gasteiger partial charge is 0.486 e. The summed E-state index contributed by atoms with van der Waals surface area (Å²) in [7, 11) is 0. The molecule has 1 aliphatic heterocycles. The van der Waals surface area contributed by atoms with Gasteiger partial charge in [-0.1, -0.05) is 6.92 Å². The quantitative estimate of drug-likeness (QED) is 0.772. The third-order valence-electron chi connectivity index (χ3n) is 3.02.